The third-order valence-electron chi connectivity index (χ3n) is 5.36. The molecule has 8 bridgehead atoms. The minimum absolute atomic E-state index is 0.244. The van der Waals surface area contributed by atoms with Crippen LogP contribution in [0.25, 0.3) is 11.3 Å². The lowest BCUT2D eigenvalue weighted by molar-refractivity contribution is 0.102. The molecule has 7 rings (SSSR count). The van der Waals surface area contributed by atoms with Crippen molar-refractivity contribution in [2.45, 2.75) is 13.5 Å². The molecule has 3 aliphatic heterocycles. The molecule has 3 aliphatic rings. The molecule has 0 saturated carbocycles. The van der Waals surface area contributed by atoms with Gasteiger partial charge in [0.05, 0.1) is 5.69 Å². The van der Waals surface area contributed by atoms with Gasteiger partial charge < -0.3 is 21.1 Å². The Bertz CT molecular complexity index is 1320. The van der Waals surface area contributed by atoms with Gasteiger partial charge in [-0.1, -0.05) is 6.07 Å². The molecule has 0 fully saturated rings. The second-order valence-corrected chi connectivity index (χ2v) is 7.60. The van der Waals surface area contributed by atoms with Crippen molar-refractivity contribution in [1.82, 2.24) is 9.97 Å². The highest BCUT2D eigenvalue weighted by Gasteiger charge is 2.12. The van der Waals surface area contributed by atoms with Crippen LogP contribution in [0.4, 0.5) is 23.0 Å². The summed E-state index contributed by atoms with van der Waals surface area (Å²) in [6, 6.07) is 20.3. The molecule has 0 radical (unpaired) electrons. The number of ether oxygens (including phenoxy) is 1. The molecule has 0 atom stereocenters. The maximum Gasteiger partial charge on any atom is 0.255 e. The van der Waals surface area contributed by atoms with Gasteiger partial charge in [0.2, 0.25) is 5.95 Å². The van der Waals surface area contributed by atoms with E-state index < -0.39 is 0 Å². The van der Waals surface area contributed by atoms with E-state index in [9.17, 15) is 4.79 Å². The predicted molar refractivity (Wildman–Crippen MR) is 125 cm³/mol. The molecule has 0 saturated heterocycles. The largest absolute Gasteiger partial charge is 0.489 e. The maximum atomic E-state index is 12.7. The van der Waals surface area contributed by atoms with Crippen LogP contribution in [0.1, 0.15) is 21.5 Å². The van der Waals surface area contributed by atoms with Crippen LogP contribution < -0.4 is 21.1 Å². The second kappa shape index (κ2) is 8.03. The van der Waals surface area contributed by atoms with Crippen LogP contribution in [-0.4, -0.2) is 15.9 Å². The van der Waals surface area contributed by atoms with Crippen LogP contribution in [-0.2, 0) is 6.61 Å². The first-order chi connectivity index (χ1) is 15.5. The van der Waals surface area contributed by atoms with Gasteiger partial charge in [0.15, 0.2) is 0 Å². The quantitative estimate of drug-likeness (QED) is 0.347. The zero-order valence-corrected chi connectivity index (χ0v) is 17.4. The number of rotatable bonds is 0. The minimum atomic E-state index is -0.244. The van der Waals surface area contributed by atoms with Gasteiger partial charge in [0.25, 0.3) is 5.91 Å². The van der Waals surface area contributed by atoms with Gasteiger partial charge in [-0.05, 0) is 78.7 Å². The number of carbonyl (C=O) groups is 1. The first-order valence-electron chi connectivity index (χ1n) is 10.2. The van der Waals surface area contributed by atoms with Crippen LogP contribution in [0, 0.1) is 6.92 Å². The lowest BCUT2D eigenvalue weighted by Crippen LogP contribution is -2.12. The molecule has 3 aromatic carbocycles. The number of anilines is 4. The van der Waals surface area contributed by atoms with Crippen molar-refractivity contribution < 1.29 is 9.53 Å². The molecule has 0 unspecified atom stereocenters. The highest BCUT2D eigenvalue weighted by atomic mass is 16.5. The summed E-state index contributed by atoms with van der Waals surface area (Å²) in [6.07, 6.45) is 1.67. The average molecular weight is 423 g/mol. The third kappa shape index (κ3) is 3.96. The third-order valence-corrected chi connectivity index (χ3v) is 5.36. The Morgan fingerprint density at radius 3 is 2.56 bits per heavy atom. The van der Waals surface area contributed by atoms with E-state index in [-0.39, 0.29) is 5.91 Å². The van der Waals surface area contributed by atoms with Crippen molar-refractivity contribution in [3.8, 4) is 17.0 Å². The van der Waals surface area contributed by atoms with E-state index in [0.29, 0.717) is 40.9 Å². The van der Waals surface area contributed by atoms with Gasteiger partial charge in [0, 0.05) is 34.4 Å². The molecular weight excluding hydrogens is 402 g/mol. The zero-order valence-electron chi connectivity index (χ0n) is 17.4. The summed E-state index contributed by atoms with van der Waals surface area (Å²) in [6.45, 7) is 2.45. The van der Waals surface area contributed by atoms with Crippen LogP contribution >= 0.6 is 0 Å². The molecular formula is C25H21N5O2. The number of aromatic nitrogens is 2. The van der Waals surface area contributed by atoms with E-state index in [1.165, 1.54) is 0 Å². The number of nitrogens with one attached hydrogen (secondary N) is 2. The molecule has 0 spiro atoms. The lowest BCUT2D eigenvalue weighted by Gasteiger charge is -2.12. The number of aryl methyl sites for hydroxylation is 1. The van der Waals surface area contributed by atoms with E-state index in [1.54, 1.807) is 30.5 Å². The van der Waals surface area contributed by atoms with Crippen molar-refractivity contribution in [3.63, 3.8) is 0 Å². The molecule has 7 heteroatoms. The summed E-state index contributed by atoms with van der Waals surface area (Å²) in [5.41, 5.74) is 12.3. The summed E-state index contributed by atoms with van der Waals surface area (Å²) in [4.78, 5) is 21.6. The first-order valence-corrected chi connectivity index (χ1v) is 10.2. The number of amides is 1. The number of nitrogens with two attached hydrogens (primary N) is 1. The molecule has 4 N–H and O–H groups in total. The standard InChI is InChI=1S/C25H21N5O2/c1-15-2-4-19-12-17(15)14-32-20-7-5-18(6-8-20)28-24(31)16-3-9-21(22(26)13-16)23-10-11-27-25(29-19)30-23/h2-13H,14,26H2,1H3,(H,28,31)(H,27,29,30). The number of nitrogens with zero attached hydrogens (tertiary/aromatic N) is 2. The van der Waals surface area contributed by atoms with E-state index in [1.807, 2.05) is 49.4 Å². The van der Waals surface area contributed by atoms with E-state index in [0.717, 1.165) is 22.4 Å². The zero-order chi connectivity index (χ0) is 22.1. The van der Waals surface area contributed by atoms with E-state index >= 15 is 0 Å². The normalized spacial score (nSPS) is 12.7. The first kappa shape index (κ1) is 19.6. The van der Waals surface area contributed by atoms with E-state index in [2.05, 4.69) is 20.6 Å². The topological polar surface area (TPSA) is 102 Å². The number of hydrogen-bond donors (Lipinski definition) is 3. The Morgan fingerprint density at radius 1 is 0.938 bits per heavy atom. The second-order valence-electron chi connectivity index (χ2n) is 7.60. The molecule has 4 heterocycles. The van der Waals surface area contributed by atoms with Crippen LogP contribution in [0.2, 0.25) is 0 Å². The van der Waals surface area contributed by atoms with Gasteiger partial charge in [0.1, 0.15) is 12.4 Å². The Hall–Kier alpha value is -4.39. The van der Waals surface area contributed by atoms with Gasteiger partial charge in [-0.15, -0.1) is 0 Å². The monoisotopic (exact) mass is 423 g/mol. The molecule has 32 heavy (non-hydrogen) atoms. The number of benzene rings is 3. The predicted octanol–water partition coefficient (Wildman–Crippen LogP) is 4.92. The Morgan fingerprint density at radius 2 is 1.75 bits per heavy atom. The highest BCUT2D eigenvalue weighted by molar-refractivity contribution is 6.05. The van der Waals surface area contributed by atoms with E-state index in [4.69, 9.17) is 10.5 Å². The van der Waals surface area contributed by atoms with Crippen molar-refractivity contribution in [1.29, 1.82) is 0 Å². The Kier molecular flexibility index (Phi) is 4.91. The molecule has 7 nitrogen and oxygen atoms in total. The fraction of sp³-hybridized carbons (Fsp3) is 0.0800. The van der Waals surface area contributed by atoms with Crippen molar-refractivity contribution in [3.05, 3.63) is 89.6 Å². The molecule has 1 aromatic heterocycles. The SMILES string of the molecule is Cc1ccc2cc1COc1ccc(cc1)NC(=O)c1ccc(c(N)c1)-c1ccnc(n1)N2. The Balaban J connectivity index is 1.60. The summed E-state index contributed by atoms with van der Waals surface area (Å²) >= 11 is 0. The highest BCUT2D eigenvalue weighted by Crippen LogP contribution is 2.28. The lowest BCUT2D eigenvalue weighted by atomic mass is 10.1. The van der Waals surface area contributed by atoms with Crippen LogP contribution in [0.3, 0.4) is 0 Å². The molecule has 4 aromatic rings. The molecule has 0 aliphatic carbocycles. The van der Waals surface area contributed by atoms with Gasteiger partial charge in [-0.25, -0.2) is 9.97 Å². The van der Waals surface area contributed by atoms with Crippen LogP contribution in [0.15, 0.2) is 72.9 Å². The van der Waals surface area contributed by atoms with Crippen molar-refractivity contribution >= 4 is 28.9 Å². The smallest absolute Gasteiger partial charge is 0.255 e. The Labute approximate surface area is 185 Å². The fourth-order valence-corrected chi connectivity index (χ4v) is 3.54. The number of fused-ring (bicyclic) bond motifs is 2. The number of carbonyl (C=O) groups excluding carboxylic acids is 1. The summed E-state index contributed by atoms with van der Waals surface area (Å²) in [7, 11) is 0. The maximum absolute atomic E-state index is 12.7. The fourth-order valence-electron chi connectivity index (χ4n) is 3.54. The van der Waals surface area contributed by atoms with Gasteiger partial charge in [-0.2, -0.15) is 0 Å². The summed E-state index contributed by atoms with van der Waals surface area (Å²) in [5.74, 6) is 0.919. The van der Waals surface area contributed by atoms with Gasteiger partial charge in [-0.3, -0.25) is 4.79 Å². The summed E-state index contributed by atoms with van der Waals surface area (Å²) < 4.78 is 5.96. The van der Waals surface area contributed by atoms with Crippen molar-refractivity contribution in [2.75, 3.05) is 16.4 Å². The molecule has 158 valence electrons. The van der Waals surface area contributed by atoms with Crippen LogP contribution in [0.5, 0.6) is 5.75 Å². The average Bonchev–Trinajstić information content (AvgIpc) is 2.80. The molecule has 1 amide bonds. The number of hydrogen-bond acceptors (Lipinski definition) is 6. The van der Waals surface area contributed by atoms with Crippen molar-refractivity contribution in [2.24, 2.45) is 0 Å². The number of nitrogen functional groups attached to an aromatic ring is 1. The minimum Gasteiger partial charge on any atom is -0.489 e. The summed E-state index contributed by atoms with van der Waals surface area (Å²) in [5, 5.41) is 6.14. The van der Waals surface area contributed by atoms with Gasteiger partial charge >= 0.3 is 0 Å².